The number of methoxy groups -OCH3 is 1. The van der Waals surface area contributed by atoms with Crippen LogP contribution in [-0.2, 0) is 32.5 Å². The Hall–Kier alpha value is -1.44. The third-order valence-corrected chi connectivity index (χ3v) is 5.84. The number of hydrogen-bond donors (Lipinski definition) is 1. The number of carbonyl (C=O) groups is 1. The van der Waals surface area contributed by atoms with Crippen molar-refractivity contribution in [2.45, 2.75) is 25.6 Å². The lowest BCUT2D eigenvalue weighted by Crippen LogP contribution is -2.48. The van der Waals surface area contributed by atoms with Gasteiger partial charge in [-0.2, -0.15) is 0 Å². The molecular formula is C16H24N2O4S. The Morgan fingerprint density at radius 2 is 2.04 bits per heavy atom. The van der Waals surface area contributed by atoms with E-state index in [-0.39, 0.29) is 29.9 Å². The van der Waals surface area contributed by atoms with Gasteiger partial charge in [0, 0.05) is 32.7 Å². The maximum Gasteiger partial charge on any atom is 0.221 e. The second-order valence-corrected chi connectivity index (χ2v) is 8.16. The minimum atomic E-state index is -3.03. The second-order valence-electron chi connectivity index (χ2n) is 5.93. The van der Waals surface area contributed by atoms with Crippen molar-refractivity contribution in [3.8, 4) is 0 Å². The molecule has 1 unspecified atom stereocenters. The third-order valence-electron chi connectivity index (χ3n) is 4.14. The van der Waals surface area contributed by atoms with Gasteiger partial charge < -0.3 is 15.0 Å². The molecule has 128 valence electrons. The molecule has 1 aliphatic rings. The van der Waals surface area contributed by atoms with Crippen molar-refractivity contribution in [2.24, 2.45) is 0 Å². The lowest BCUT2D eigenvalue weighted by atomic mass is 10.1. The zero-order chi connectivity index (χ0) is 16.9. The Morgan fingerprint density at radius 1 is 1.35 bits per heavy atom. The van der Waals surface area contributed by atoms with E-state index in [4.69, 9.17) is 4.74 Å². The van der Waals surface area contributed by atoms with Crippen molar-refractivity contribution in [3.63, 3.8) is 0 Å². The molecular weight excluding hydrogens is 316 g/mol. The summed E-state index contributed by atoms with van der Waals surface area (Å²) in [6.45, 7) is 1.40. The molecule has 2 rings (SSSR count). The highest BCUT2D eigenvalue weighted by atomic mass is 32.2. The zero-order valence-corrected chi connectivity index (χ0v) is 14.4. The first-order valence-corrected chi connectivity index (χ1v) is 9.46. The summed E-state index contributed by atoms with van der Waals surface area (Å²) in [6.07, 6.45) is 0.197. The SMILES string of the molecule is COCc1ccccc1CNC(=O)CC1CS(=O)(=O)CCN1C. The van der Waals surface area contributed by atoms with Crippen LogP contribution in [0.3, 0.4) is 0 Å². The van der Waals surface area contributed by atoms with Crippen LogP contribution in [0.15, 0.2) is 24.3 Å². The summed E-state index contributed by atoms with van der Waals surface area (Å²) in [4.78, 5) is 14.1. The largest absolute Gasteiger partial charge is 0.380 e. The fourth-order valence-electron chi connectivity index (χ4n) is 2.69. The number of rotatable bonds is 6. The van der Waals surface area contributed by atoms with E-state index in [2.05, 4.69) is 5.32 Å². The highest BCUT2D eigenvalue weighted by Gasteiger charge is 2.30. The summed E-state index contributed by atoms with van der Waals surface area (Å²) < 4.78 is 28.6. The van der Waals surface area contributed by atoms with Gasteiger partial charge in [-0.05, 0) is 18.2 Å². The van der Waals surface area contributed by atoms with E-state index in [0.29, 0.717) is 19.7 Å². The van der Waals surface area contributed by atoms with E-state index in [1.807, 2.05) is 36.2 Å². The van der Waals surface area contributed by atoms with Crippen LogP contribution in [-0.4, -0.2) is 57.5 Å². The molecule has 0 aromatic heterocycles. The van der Waals surface area contributed by atoms with Gasteiger partial charge in [0.1, 0.15) is 0 Å². The van der Waals surface area contributed by atoms with E-state index in [1.54, 1.807) is 7.11 Å². The molecule has 1 saturated heterocycles. The normalized spacial score (nSPS) is 21.0. The number of carbonyl (C=O) groups excluding carboxylic acids is 1. The number of benzene rings is 1. The smallest absolute Gasteiger partial charge is 0.221 e. The van der Waals surface area contributed by atoms with Crippen molar-refractivity contribution in [2.75, 3.05) is 32.2 Å². The quantitative estimate of drug-likeness (QED) is 0.819. The average molecular weight is 340 g/mol. The predicted molar refractivity (Wildman–Crippen MR) is 88.7 cm³/mol. The summed E-state index contributed by atoms with van der Waals surface area (Å²) in [5.41, 5.74) is 2.04. The molecule has 1 aromatic rings. The third kappa shape index (κ3) is 5.30. The Morgan fingerprint density at radius 3 is 2.74 bits per heavy atom. The van der Waals surface area contributed by atoms with Crippen LogP contribution < -0.4 is 5.32 Å². The molecule has 1 atom stereocenters. The van der Waals surface area contributed by atoms with Crippen LogP contribution in [0.25, 0.3) is 0 Å². The fourth-order valence-corrected chi connectivity index (χ4v) is 4.38. The Labute approximate surface area is 137 Å². The van der Waals surface area contributed by atoms with Gasteiger partial charge in [0.05, 0.1) is 18.1 Å². The molecule has 1 N–H and O–H groups in total. The number of hydrogen-bond acceptors (Lipinski definition) is 5. The van der Waals surface area contributed by atoms with Crippen LogP contribution in [0.5, 0.6) is 0 Å². The van der Waals surface area contributed by atoms with Crippen molar-refractivity contribution in [3.05, 3.63) is 35.4 Å². The van der Waals surface area contributed by atoms with E-state index in [1.165, 1.54) is 0 Å². The standard InChI is InChI=1S/C16H24N2O4S/c1-18-7-8-23(20,21)12-15(18)9-16(19)17-10-13-5-3-4-6-14(13)11-22-2/h3-6,15H,7-12H2,1-2H3,(H,17,19). The molecule has 1 amide bonds. The van der Waals surface area contributed by atoms with Crippen molar-refractivity contribution >= 4 is 15.7 Å². The first-order valence-electron chi connectivity index (χ1n) is 7.64. The Balaban J connectivity index is 1.90. The molecule has 1 aliphatic heterocycles. The van der Waals surface area contributed by atoms with Crippen molar-refractivity contribution < 1.29 is 17.9 Å². The maximum atomic E-state index is 12.1. The maximum absolute atomic E-state index is 12.1. The molecule has 1 aromatic carbocycles. The summed E-state index contributed by atoms with van der Waals surface area (Å²) in [5, 5.41) is 2.88. The number of amides is 1. The first-order chi connectivity index (χ1) is 10.9. The Kier molecular flexibility index (Phi) is 6.15. The van der Waals surface area contributed by atoms with Gasteiger partial charge in [-0.1, -0.05) is 24.3 Å². The number of nitrogens with zero attached hydrogens (tertiary/aromatic N) is 1. The zero-order valence-electron chi connectivity index (χ0n) is 13.6. The summed E-state index contributed by atoms with van der Waals surface area (Å²) >= 11 is 0. The fraction of sp³-hybridized carbons (Fsp3) is 0.562. The van der Waals surface area contributed by atoms with Crippen molar-refractivity contribution in [1.82, 2.24) is 10.2 Å². The van der Waals surface area contributed by atoms with Crippen LogP contribution >= 0.6 is 0 Å². The van der Waals surface area contributed by atoms with Gasteiger partial charge in [0.2, 0.25) is 5.91 Å². The summed E-state index contributed by atoms with van der Waals surface area (Å²) in [6, 6.07) is 7.52. The number of nitrogens with one attached hydrogen (secondary N) is 1. The van der Waals surface area contributed by atoms with E-state index in [9.17, 15) is 13.2 Å². The Bertz CT molecular complexity index is 645. The summed E-state index contributed by atoms with van der Waals surface area (Å²) in [5.74, 6) is 0.0922. The molecule has 0 radical (unpaired) electrons. The van der Waals surface area contributed by atoms with Crippen molar-refractivity contribution in [1.29, 1.82) is 0 Å². The van der Waals surface area contributed by atoms with Gasteiger partial charge in [-0.25, -0.2) is 8.42 Å². The van der Waals surface area contributed by atoms with E-state index >= 15 is 0 Å². The highest BCUT2D eigenvalue weighted by molar-refractivity contribution is 7.91. The minimum Gasteiger partial charge on any atom is -0.380 e. The van der Waals surface area contributed by atoms with Crippen LogP contribution in [0.2, 0.25) is 0 Å². The molecule has 6 nitrogen and oxygen atoms in total. The molecule has 0 spiro atoms. The van der Waals surface area contributed by atoms with Gasteiger partial charge in [-0.3, -0.25) is 4.79 Å². The molecule has 7 heteroatoms. The van der Waals surface area contributed by atoms with Gasteiger partial charge >= 0.3 is 0 Å². The average Bonchev–Trinajstić information content (AvgIpc) is 2.50. The van der Waals surface area contributed by atoms with Gasteiger partial charge in [0.25, 0.3) is 0 Å². The second kappa shape index (κ2) is 7.90. The van der Waals surface area contributed by atoms with Crippen LogP contribution in [0, 0.1) is 0 Å². The lowest BCUT2D eigenvalue weighted by molar-refractivity contribution is -0.122. The molecule has 23 heavy (non-hydrogen) atoms. The molecule has 0 saturated carbocycles. The van der Waals surface area contributed by atoms with E-state index in [0.717, 1.165) is 11.1 Å². The van der Waals surface area contributed by atoms with Gasteiger partial charge in [-0.15, -0.1) is 0 Å². The molecule has 0 bridgehead atoms. The molecule has 0 aliphatic carbocycles. The first kappa shape index (κ1) is 17.9. The van der Waals surface area contributed by atoms with Gasteiger partial charge in [0.15, 0.2) is 9.84 Å². The number of sulfone groups is 1. The highest BCUT2D eigenvalue weighted by Crippen LogP contribution is 2.13. The van der Waals surface area contributed by atoms with E-state index < -0.39 is 9.84 Å². The van der Waals surface area contributed by atoms with Crippen LogP contribution in [0.1, 0.15) is 17.5 Å². The van der Waals surface area contributed by atoms with Crippen LogP contribution in [0.4, 0.5) is 0 Å². The topological polar surface area (TPSA) is 75.7 Å². The number of ether oxygens (including phenoxy) is 1. The molecule has 1 heterocycles. The molecule has 1 fully saturated rings. The predicted octanol–water partition coefficient (Wildman–Crippen LogP) is 0.568. The minimum absolute atomic E-state index is 0.0528. The summed E-state index contributed by atoms with van der Waals surface area (Å²) in [7, 11) is 0.465. The monoisotopic (exact) mass is 340 g/mol. The lowest BCUT2D eigenvalue weighted by Gasteiger charge is -2.31.